The van der Waals surface area contributed by atoms with Crippen molar-refractivity contribution in [3.05, 3.63) is 35.9 Å². The molecular formula is C18H30N4. The van der Waals surface area contributed by atoms with Gasteiger partial charge in [0, 0.05) is 26.2 Å². The van der Waals surface area contributed by atoms with Gasteiger partial charge >= 0.3 is 0 Å². The number of guanidine groups is 1. The largest absolute Gasteiger partial charge is 0.355 e. The van der Waals surface area contributed by atoms with E-state index in [0.29, 0.717) is 12.0 Å². The molecule has 2 N–H and O–H groups in total. The minimum Gasteiger partial charge on any atom is -0.355 e. The minimum absolute atomic E-state index is 0.581. The second kappa shape index (κ2) is 8.79. The Morgan fingerprint density at radius 3 is 2.41 bits per heavy atom. The van der Waals surface area contributed by atoms with E-state index in [4.69, 9.17) is 0 Å². The summed E-state index contributed by atoms with van der Waals surface area (Å²) in [5.74, 6) is 1.53. The zero-order valence-electron chi connectivity index (χ0n) is 14.2. The number of nitrogens with zero attached hydrogens (tertiary/aromatic N) is 2. The van der Waals surface area contributed by atoms with E-state index >= 15 is 0 Å². The molecule has 1 aromatic rings. The van der Waals surface area contributed by atoms with Crippen LogP contribution in [0.4, 0.5) is 0 Å². The third-order valence-corrected chi connectivity index (χ3v) is 4.38. The molecule has 0 bridgehead atoms. The Morgan fingerprint density at radius 2 is 1.82 bits per heavy atom. The van der Waals surface area contributed by atoms with Gasteiger partial charge in [-0.1, -0.05) is 44.2 Å². The Kier molecular flexibility index (Phi) is 6.72. The number of aliphatic imine (C=N–C) groups is 1. The maximum atomic E-state index is 4.34. The maximum absolute atomic E-state index is 4.34. The summed E-state index contributed by atoms with van der Waals surface area (Å²) in [5, 5.41) is 6.89. The molecule has 22 heavy (non-hydrogen) atoms. The Morgan fingerprint density at radius 1 is 1.14 bits per heavy atom. The first kappa shape index (κ1) is 16.8. The van der Waals surface area contributed by atoms with Gasteiger partial charge in [0.15, 0.2) is 5.96 Å². The van der Waals surface area contributed by atoms with Crippen molar-refractivity contribution in [3.8, 4) is 0 Å². The summed E-state index contributed by atoms with van der Waals surface area (Å²) in [6, 6.07) is 11.0. The number of benzene rings is 1. The van der Waals surface area contributed by atoms with Crippen molar-refractivity contribution < 1.29 is 0 Å². The van der Waals surface area contributed by atoms with Crippen LogP contribution >= 0.6 is 0 Å². The molecule has 1 heterocycles. The van der Waals surface area contributed by atoms with Crippen molar-refractivity contribution in [2.75, 3.05) is 26.7 Å². The van der Waals surface area contributed by atoms with E-state index in [1.165, 1.54) is 31.5 Å². The van der Waals surface area contributed by atoms with Crippen LogP contribution in [0, 0.1) is 5.92 Å². The van der Waals surface area contributed by atoms with Crippen LogP contribution in [-0.4, -0.2) is 43.6 Å². The van der Waals surface area contributed by atoms with Crippen LogP contribution < -0.4 is 10.6 Å². The number of nitrogens with one attached hydrogen (secondary N) is 2. The number of hydrogen-bond donors (Lipinski definition) is 2. The highest BCUT2D eigenvalue weighted by Gasteiger charge is 2.24. The van der Waals surface area contributed by atoms with Gasteiger partial charge in [-0.2, -0.15) is 0 Å². The normalized spacial score (nSPS) is 17.7. The highest BCUT2D eigenvalue weighted by molar-refractivity contribution is 5.79. The van der Waals surface area contributed by atoms with Gasteiger partial charge in [-0.3, -0.25) is 9.89 Å². The molecule has 0 radical (unpaired) electrons. The van der Waals surface area contributed by atoms with Gasteiger partial charge in [0.25, 0.3) is 0 Å². The van der Waals surface area contributed by atoms with Gasteiger partial charge in [0.2, 0.25) is 0 Å². The number of rotatable bonds is 6. The lowest BCUT2D eigenvalue weighted by atomic mass is 10.0. The molecule has 1 aromatic carbocycles. The molecule has 0 amide bonds. The molecule has 0 aromatic heterocycles. The molecule has 4 nitrogen and oxygen atoms in total. The fourth-order valence-electron chi connectivity index (χ4n) is 3.06. The first-order valence-electron chi connectivity index (χ1n) is 8.43. The van der Waals surface area contributed by atoms with Crippen molar-refractivity contribution >= 4 is 5.96 Å². The van der Waals surface area contributed by atoms with Crippen molar-refractivity contribution in [3.63, 3.8) is 0 Å². The smallest absolute Gasteiger partial charge is 0.191 e. The van der Waals surface area contributed by atoms with Crippen molar-refractivity contribution in [2.45, 2.75) is 39.3 Å². The van der Waals surface area contributed by atoms with Gasteiger partial charge in [-0.25, -0.2) is 0 Å². The van der Waals surface area contributed by atoms with E-state index in [1.54, 1.807) is 0 Å². The molecule has 1 aliphatic rings. The predicted molar refractivity (Wildman–Crippen MR) is 94.1 cm³/mol. The first-order chi connectivity index (χ1) is 10.7. The standard InChI is InChI=1S/C18H30N4/c1-15(2)17(22-11-7-8-12-22)14-21-18(19-3)20-13-16-9-5-4-6-10-16/h4-6,9-10,15,17H,7-8,11-14H2,1-3H3,(H2,19,20,21). The monoisotopic (exact) mass is 302 g/mol. The van der Waals surface area contributed by atoms with Crippen LogP contribution in [0.5, 0.6) is 0 Å². The molecule has 0 spiro atoms. The Bertz CT molecular complexity index is 449. The third-order valence-electron chi connectivity index (χ3n) is 4.38. The summed E-state index contributed by atoms with van der Waals surface area (Å²) >= 11 is 0. The molecule has 1 saturated heterocycles. The van der Waals surface area contributed by atoms with E-state index < -0.39 is 0 Å². The van der Waals surface area contributed by atoms with Crippen LogP contribution in [0.1, 0.15) is 32.3 Å². The predicted octanol–water partition coefficient (Wildman–Crippen LogP) is 2.47. The van der Waals surface area contributed by atoms with Gasteiger partial charge in [0.1, 0.15) is 0 Å². The molecule has 4 heteroatoms. The molecule has 1 atom stereocenters. The summed E-state index contributed by atoms with van der Waals surface area (Å²) < 4.78 is 0. The molecule has 1 aliphatic heterocycles. The minimum atomic E-state index is 0.581. The average Bonchev–Trinajstić information content (AvgIpc) is 3.05. The number of likely N-dealkylation sites (tertiary alicyclic amines) is 1. The zero-order chi connectivity index (χ0) is 15.8. The molecular weight excluding hydrogens is 272 g/mol. The lowest BCUT2D eigenvalue weighted by Crippen LogP contribution is -2.48. The van der Waals surface area contributed by atoms with Gasteiger partial charge in [0.05, 0.1) is 0 Å². The summed E-state index contributed by atoms with van der Waals surface area (Å²) in [4.78, 5) is 6.95. The molecule has 0 aliphatic carbocycles. The summed E-state index contributed by atoms with van der Waals surface area (Å²) in [7, 11) is 1.83. The van der Waals surface area contributed by atoms with E-state index in [0.717, 1.165) is 19.0 Å². The lowest BCUT2D eigenvalue weighted by molar-refractivity contribution is 0.192. The quantitative estimate of drug-likeness (QED) is 0.626. The van der Waals surface area contributed by atoms with Crippen molar-refractivity contribution in [2.24, 2.45) is 10.9 Å². The Labute approximate surface area is 135 Å². The van der Waals surface area contributed by atoms with E-state index in [1.807, 2.05) is 13.1 Å². The van der Waals surface area contributed by atoms with E-state index in [-0.39, 0.29) is 0 Å². The van der Waals surface area contributed by atoms with Gasteiger partial charge in [-0.05, 0) is 37.4 Å². The maximum Gasteiger partial charge on any atom is 0.191 e. The highest BCUT2D eigenvalue weighted by Crippen LogP contribution is 2.17. The first-order valence-corrected chi connectivity index (χ1v) is 8.43. The summed E-state index contributed by atoms with van der Waals surface area (Å²) in [5.41, 5.74) is 1.27. The van der Waals surface area contributed by atoms with Crippen LogP contribution in [0.25, 0.3) is 0 Å². The van der Waals surface area contributed by atoms with Gasteiger partial charge in [-0.15, -0.1) is 0 Å². The molecule has 2 rings (SSSR count). The van der Waals surface area contributed by atoms with Crippen molar-refractivity contribution in [1.29, 1.82) is 0 Å². The second-order valence-corrected chi connectivity index (χ2v) is 6.35. The van der Waals surface area contributed by atoms with E-state index in [9.17, 15) is 0 Å². The zero-order valence-corrected chi connectivity index (χ0v) is 14.2. The molecule has 1 fully saturated rings. The summed E-state index contributed by atoms with van der Waals surface area (Å²) in [6.07, 6.45) is 2.68. The topological polar surface area (TPSA) is 39.7 Å². The fraction of sp³-hybridized carbons (Fsp3) is 0.611. The third kappa shape index (κ3) is 5.02. The molecule has 122 valence electrons. The average molecular weight is 302 g/mol. The highest BCUT2D eigenvalue weighted by atomic mass is 15.2. The van der Waals surface area contributed by atoms with E-state index in [2.05, 4.69) is 58.6 Å². The lowest BCUT2D eigenvalue weighted by Gasteiger charge is -2.31. The molecule has 0 saturated carbocycles. The van der Waals surface area contributed by atoms with Crippen LogP contribution in [0.2, 0.25) is 0 Å². The Balaban J connectivity index is 1.81. The van der Waals surface area contributed by atoms with Crippen LogP contribution in [-0.2, 0) is 6.54 Å². The van der Waals surface area contributed by atoms with Crippen molar-refractivity contribution in [1.82, 2.24) is 15.5 Å². The SMILES string of the molecule is CN=C(NCc1ccccc1)NCC(C(C)C)N1CCCC1. The second-order valence-electron chi connectivity index (χ2n) is 6.35. The molecule has 1 unspecified atom stereocenters. The summed E-state index contributed by atoms with van der Waals surface area (Å²) in [6.45, 7) is 8.85. The number of hydrogen-bond acceptors (Lipinski definition) is 2. The van der Waals surface area contributed by atoms with Crippen LogP contribution in [0.15, 0.2) is 35.3 Å². The van der Waals surface area contributed by atoms with Gasteiger partial charge < -0.3 is 10.6 Å². The van der Waals surface area contributed by atoms with Crippen LogP contribution in [0.3, 0.4) is 0 Å². The fourth-order valence-corrected chi connectivity index (χ4v) is 3.06. The Hall–Kier alpha value is -1.55.